The van der Waals surface area contributed by atoms with Crippen LogP contribution >= 0.6 is 23.7 Å². The number of amides is 1. The third-order valence-electron chi connectivity index (χ3n) is 3.38. The number of ether oxygens (including phenoxy) is 1. The number of nitrogens with one attached hydrogen (secondary N) is 2. The average molecular weight is 376 g/mol. The standard InChI is InChI=1S/C15H15F2N3O2S.ClH/c16-11-2-1-9(6-12(11)17)5-10-7-19-15(23-10)20-14(21)13-8-22-4-3-18-13;/h1-2,6-7,13,18H,3-5,8H2,(H,19,20,21);1H. The summed E-state index contributed by atoms with van der Waals surface area (Å²) < 4.78 is 31.4. The molecule has 1 aromatic heterocycles. The molecule has 0 spiro atoms. The van der Waals surface area contributed by atoms with Crippen molar-refractivity contribution < 1.29 is 18.3 Å². The summed E-state index contributed by atoms with van der Waals surface area (Å²) in [4.78, 5) is 17.0. The van der Waals surface area contributed by atoms with E-state index in [2.05, 4.69) is 15.6 Å². The Morgan fingerprint density at radius 1 is 1.42 bits per heavy atom. The Bertz CT molecular complexity index is 708. The molecule has 5 nitrogen and oxygen atoms in total. The highest BCUT2D eigenvalue weighted by Crippen LogP contribution is 2.22. The van der Waals surface area contributed by atoms with Crippen LogP contribution in [0, 0.1) is 11.6 Å². The van der Waals surface area contributed by atoms with Crippen molar-refractivity contribution >= 4 is 34.8 Å². The fourth-order valence-corrected chi connectivity index (χ4v) is 3.07. The van der Waals surface area contributed by atoms with Crippen LogP contribution in [0.4, 0.5) is 13.9 Å². The molecule has 1 aromatic carbocycles. The van der Waals surface area contributed by atoms with Gasteiger partial charge in [-0.3, -0.25) is 4.79 Å². The largest absolute Gasteiger partial charge is 0.378 e. The van der Waals surface area contributed by atoms with E-state index in [0.717, 1.165) is 17.0 Å². The van der Waals surface area contributed by atoms with Crippen LogP contribution in [0.1, 0.15) is 10.4 Å². The molecule has 2 aromatic rings. The van der Waals surface area contributed by atoms with Gasteiger partial charge in [-0.25, -0.2) is 13.8 Å². The molecular formula is C15H16ClF2N3O2S. The second kappa shape index (κ2) is 8.48. The SMILES string of the molecule is Cl.O=C(Nc1ncc(Cc2ccc(F)c(F)c2)s1)C1COCCN1. The summed E-state index contributed by atoms with van der Waals surface area (Å²) in [7, 11) is 0. The number of rotatable bonds is 4. The van der Waals surface area contributed by atoms with E-state index in [1.165, 1.54) is 17.4 Å². The van der Waals surface area contributed by atoms with Gasteiger partial charge in [0.05, 0.1) is 13.2 Å². The first kappa shape index (κ1) is 18.7. The van der Waals surface area contributed by atoms with Gasteiger partial charge in [0, 0.05) is 24.0 Å². The lowest BCUT2D eigenvalue weighted by atomic mass is 10.1. The Morgan fingerprint density at radius 2 is 2.25 bits per heavy atom. The van der Waals surface area contributed by atoms with Crippen LogP contribution in [0.5, 0.6) is 0 Å². The first-order valence-corrected chi connectivity index (χ1v) is 7.94. The fraction of sp³-hybridized carbons (Fsp3) is 0.333. The molecule has 1 aliphatic heterocycles. The third-order valence-corrected chi connectivity index (χ3v) is 4.30. The Labute approximate surface area is 147 Å². The molecule has 1 saturated heterocycles. The first-order chi connectivity index (χ1) is 11.1. The molecular weight excluding hydrogens is 360 g/mol. The van der Waals surface area contributed by atoms with Crippen molar-refractivity contribution in [2.75, 3.05) is 25.1 Å². The van der Waals surface area contributed by atoms with Crippen molar-refractivity contribution in [1.82, 2.24) is 10.3 Å². The number of halogens is 3. The molecule has 1 amide bonds. The zero-order chi connectivity index (χ0) is 16.2. The van der Waals surface area contributed by atoms with E-state index in [4.69, 9.17) is 4.74 Å². The molecule has 3 rings (SSSR count). The number of morpholine rings is 1. The van der Waals surface area contributed by atoms with Crippen LogP contribution in [0.25, 0.3) is 0 Å². The summed E-state index contributed by atoms with van der Waals surface area (Å²) in [6.45, 7) is 1.57. The molecule has 130 valence electrons. The van der Waals surface area contributed by atoms with Gasteiger partial charge < -0.3 is 15.4 Å². The van der Waals surface area contributed by atoms with Crippen molar-refractivity contribution in [2.24, 2.45) is 0 Å². The van der Waals surface area contributed by atoms with Gasteiger partial charge in [0.15, 0.2) is 16.8 Å². The van der Waals surface area contributed by atoms with Crippen molar-refractivity contribution in [3.63, 3.8) is 0 Å². The maximum Gasteiger partial charge on any atom is 0.245 e. The highest BCUT2D eigenvalue weighted by Gasteiger charge is 2.22. The Kier molecular flexibility index (Phi) is 6.61. The normalized spacial score (nSPS) is 17.2. The van der Waals surface area contributed by atoms with Gasteiger partial charge >= 0.3 is 0 Å². The lowest BCUT2D eigenvalue weighted by Crippen LogP contribution is -2.48. The van der Waals surface area contributed by atoms with E-state index in [9.17, 15) is 13.6 Å². The summed E-state index contributed by atoms with van der Waals surface area (Å²) in [6.07, 6.45) is 2.04. The number of benzene rings is 1. The maximum atomic E-state index is 13.2. The van der Waals surface area contributed by atoms with Crippen LogP contribution < -0.4 is 10.6 Å². The molecule has 0 radical (unpaired) electrons. The number of thiazole rings is 1. The summed E-state index contributed by atoms with van der Waals surface area (Å²) in [5.74, 6) is -1.93. The Hall–Kier alpha value is -1.61. The number of anilines is 1. The minimum absolute atomic E-state index is 0. The predicted molar refractivity (Wildman–Crippen MR) is 89.8 cm³/mol. The van der Waals surface area contributed by atoms with Gasteiger partial charge in [0.2, 0.25) is 5.91 Å². The summed E-state index contributed by atoms with van der Waals surface area (Å²) >= 11 is 1.30. The number of carbonyl (C=O) groups is 1. The Morgan fingerprint density at radius 3 is 2.96 bits per heavy atom. The zero-order valence-corrected chi connectivity index (χ0v) is 14.2. The van der Waals surface area contributed by atoms with E-state index in [1.807, 2.05) is 0 Å². The quantitative estimate of drug-likeness (QED) is 0.861. The molecule has 1 aliphatic rings. The lowest BCUT2D eigenvalue weighted by Gasteiger charge is -2.22. The van der Waals surface area contributed by atoms with E-state index < -0.39 is 11.6 Å². The molecule has 1 unspecified atom stereocenters. The second-order valence-corrected chi connectivity index (χ2v) is 6.24. The number of hydrogen-bond donors (Lipinski definition) is 2. The summed E-state index contributed by atoms with van der Waals surface area (Å²) in [5, 5.41) is 6.26. The van der Waals surface area contributed by atoms with Gasteiger partial charge in [-0.2, -0.15) is 0 Å². The van der Waals surface area contributed by atoms with Crippen molar-refractivity contribution in [1.29, 1.82) is 0 Å². The van der Waals surface area contributed by atoms with E-state index in [-0.39, 0.29) is 24.4 Å². The summed E-state index contributed by atoms with van der Waals surface area (Å²) in [6, 6.07) is 3.40. The lowest BCUT2D eigenvalue weighted by molar-refractivity contribution is -0.120. The molecule has 1 atom stereocenters. The average Bonchev–Trinajstić information content (AvgIpc) is 2.99. The van der Waals surface area contributed by atoms with E-state index in [0.29, 0.717) is 36.9 Å². The van der Waals surface area contributed by atoms with Crippen molar-refractivity contribution in [3.05, 3.63) is 46.5 Å². The molecule has 0 aliphatic carbocycles. The van der Waals surface area contributed by atoms with Crippen LogP contribution in [-0.2, 0) is 16.0 Å². The minimum Gasteiger partial charge on any atom is -0.378 e. The molecule has 1 fully saturated rings. The second-order valence-electron chi connectivity index (χ2n) is 5.13. The highest BCUT2D eigenvalue weighted by atomic mass is 35.5. The van der Waals surface area contributed by atoms with Gasteiger partial charge in [-0.15, -0.1) is 23.7 Å². The molecule has 2 N–H and O–H groups in total. The highest BCUT2D eigenvalue weighted by molar-refractivity contribution is 7.15. The zero-order valence-electron chi connectivity index (χ0n) is 12.6. The van der Waals surface area contributed by atoms with E-state index in [1.54, 1.807) is 6.20 Å². The third kappa shape index (κ3) is 4.70. The van der Waals surface area contributed by atoms with Crippen LogP contribution in [0.3, 0.4) is 0 Å². The Balaban J connectivity index is 0.00000208. The predicted octanol–water partition coefficient (Wildman–Crippen LogP) is 2.36. The molecule has 0 bridgehead atoms. The van der Waals surface area contributed by atoms with Crippen LogP contribution in [-0.4, -0.2) is 36.7 Å². The topological polar surface area (TPSA) is 63.2 Å². The van der Waals surface area contributed by atoms with Gasteiger partial charge in [0.1, 0.15) is 6.04 Å². The van der Waals surface area contributed by atoms with Crippen molar-refractivity contribution in [2.45, 2.75) is 12.5 Å². The fourth-order valence-electron chi connectivity index (χ4n) is 2.22. The molecule has 24 heavy (non-hydrogen) atoms. The van der Waals surface area contributed by atoms with Gasteiger partial charge in [-0.1, -0.05) is 6.07 Å². The van der Waals surface area contributed by atoms with Gasteiger partial charge in [0.25, 0.3) is 0 Å². The monoisotopic (exact) mass is 375 g/mol. The number of carbonyl (C=O) groups excluding carboxylic acids is 1. The number of hydrogen-bond acceptors (Lipinski definition) is 5. The minimum atomic E-state index is -0.871. The van der Waals surface area contributed by atoms with Crippen molar-refractivity contribution in [3.8, 4) is 0 Å². The smallest absolute Gasteiger partial charge is 0.245 e. The number of aromatic nitrogens is 1. The maximum absolute atomic E-state index is 13.2. The number of nitrogens with zero attached hydrogens (tertiary/aromatic N) is 1. The molecule has 0 saturated carbocycles. The van der Waals surface area contributed by atoms with Gasteiger partial charge in [-0.05, 0) is 17.7 Å². The summed E-state index contributed by atoms with van der Waals surface area (Å²) in [5.41, 5.74) is 0.646. The first-order valence-electron chi connectivity index (χ1n) is 7.12. The molecule has 9 heteroatoms. The molecule has 2 heterocycles. The van der Waals surface area contributed by atoms with E-state index >= 15 is 0 Å². The van der Waals surface area contributed by atoms with Crippen LogP contribution in [0.15, 0.2) is 24.4 Å². The van der Waals surface area contributed by atoms with Crippen LogP contribution in [0.2, 0.25) is 0 Å².